The van der Waals surface area contributed by atoms with E-state index >= 15 is 0 Å². The number of nitrogens with zero attached hydrogens (tertiary/aromatic N) is 2. The average molecular weight is 287 g/mol. The van der Waals surface area contributed by atoms with Crippen LogP contribution in [0, 0.1) is 0 Å². The molecule has 0 atom stereocenters. The van der Waals surface area contributed by atoms with Gasteiger partial charge in [-0.05, 0) is 19.0 Å². The summed E-state index contributed by atoms with van der Waals surface area (Å²) in [4.78, 5) is 0. The molecular weight excluding hydrogens is 258 g/mol. The van der Waals surface area contributed by atoms with Crippen LogP contribution in [0.15, 0.2) is 24.3 Å². The van der Waals surface area contributed by atoms with E-state index in [4.69, 9.17) is 5.10 Å². The Morgan fingerprint density at radius 3 is 2.57 bits per heavy atom. The van der Waals surface area contributed by atoms with Gasteiger partial charge in [0.25, 0.3) is 0 Å². The molecule has 116 valence electrons. The normalized spacial score (nSPS) is 11.3. The minimum Gasteiger partial charge on any atom is -0.311 e. The maximum atomic E-state index is 4.81. The van der Waals surface area contributed by atoms with Gasteiger partial charge in [-0.15, -0.1) is 0 Å². The molecular formula is C18H29N3. The number of benzene rings is 1. The highest BCUT2D eigenvalue weighted by Gasteiger charge is 2.08. The maximum absolute atomic E-state index is 4.81. The Morgan fingerprint density at radius 2 is 1.76 bits per heavy atom. The first-order chi connectivity index (χ1) is 10.4. The monoisotopic (exact) mass is 287 g/mol. The van der Waals surface area contributed by atoms with Crippen molar-refractivity contribution in [1.29, 1.82) is 0 Å². The van der Waals surface area contributed by atoms with E-state index in [1.807, 2.05) is 0 Å². The van der Waals surface area contributed by atoms with E-state index in [1.165, 1.54) is 55.1 Å². The van der Waals surface area contributed by atoms with E-state index < -0.39 is 0 Å². The standard InChI is InChI=1S/C18H29N3/c1-3-5-6-7-8-11-14-21-18-13-10-9-12-16(18)17(20-21)15-19-4-2/h9-10,12-13,19H,3-8,11,14-15H2,1-2H3. The molecule has 0 saturated carbocycles. The highest BCUT2D eigenvalue weighted by Crippen LogP contribution is 2.19. The molecule has 2 aromatic rings. The van der Waals surface area contributed by atoms with Gasteiger partial charge in [0.2, 0.25) is 0 Å². The highest BCUT2D eigenvalue weighted by atomic mass is 15.3. The van der Waals surface area contributed by atoms with Crippen molar-refractivity contribution in [2.24, 2.45) is 0 Å². The van der Waals surface area contributed by atoms with E-state index in [0.717, 1.165) is 19.6 Å². The number of fused-ring (bicyclic) bond motifs is 1. The fourth-order valence-corrected chi connectivity index (χ4v) is 2.78. The van der Waals surface area contributed by atoms with Gasteiger partial charge in [-0.1, -0.05) is 64.2 Å². The Labute approximate surface area is 128 Å². The molecule has 0 unspecified atom stereocenters. The number of hydrogen-bond donors (Lipinski definition) is 1. The second kappa shape index (κ2) is 8.83. The summed E-state index contributed by atoms with van der Waals surface area (Å²) in [5, 5.41) is 9.50. The van der Waals surface area contributed by atoms with E-state index in [0.29, 0.717) is 0 Å². The molecule has 0 aliphatic heterocycles. The summed E-state index contributed by atoms with van der Waals surface area (Å²) in [6.07, 6.45) is 7.97. The zero-order valence-electron chi connectivity index (χ0n) is 13.6. The third-order valence-corrected chi connectivity index (χ3v) is 4.00. The average Bonchev–Trinajstić information content (AvgIpc) is 2.87. The second-order valence-corrected chi connectivity index (χ2v) is 5.74. The molecule has 21 heavy (non-hydrogen) atoms. The van der Waals surface area contributed by atoms with Gasteiger partial charge in [0.05, 0.1) is 11.2 Å². The van der Waals surface area contributed by atoms with Gasteiger partial charge in [-0.2, -0.15) is 5.10 Å². The van der Waals surface area contributed by atoms with Gasteiger partial charge in [-0.25, -0.2) is 0 Å². The molecule has 3 heteroatoms. The number of nitrogens with one attached hydrogen (secondary N) is 1. The third kappa shape index (κ3) is 4.57. The van der Waals surface area contributed by atoms with Crippen molar-refractivity contribution in [3.63, 3.8) is 0 Å². The Hall–Kier alpha value is -1.35. The van der Waals surface area contributed by atoms with Crippen LogP contribution in [-0.4, -0.2) is 16.3 Å². The lowest BCUT2D eigenvalue weighted by Gasteiger charge is -2.03. The molecule has 0 aliphatic rings. The smallest absolute Gasteiger partial charge is 0.0841 e. The largest absolute Gasteiger partial charge is 0.311 e. The van der Waals surface area contributed by atoms with Crippen LogP contribution in [0.25, 0.3) is 10.9 Å². The van der Waals surface area contributed by atoms with Crippen LogP contribution < -0.4 is 5.32 Å². The molecule has 1 heterocycles. The SMILES string of the molecule is CCCCCCCCn1nc(CNCC)c2ccccc21. The fraction of sp³-hybridized carbons (Fsp3) is 0.611. The van der Waals surface area contributed by atoms with E-state index in [1.54, 1.807) is 0 Å². The van der Waals surface area contributed by atoms with Crippen LogP contribution in [0.2, 0.25) is 0 Å². The molecule has 0 amide bonds. The number of unbranched alkanes of at least 4 members (excludes halogenated alkanes) is 5. The van der Waals surface area contributed by atoms with Crippen molar-refractivity contribution in [3.8, 4) is 0 Å². The lowest BCUT2D eigenvalue weighted by Crippen LogP contribution is -2.12. The maximum Gasteiger partial charge on any atom is 0.0841 e. The number of para-hydroxylation sites is 1. The summed E-state index contributed by atoms with van der Waals surface area (Å²) in [5.74, 6) is 0. The van der Waals surface area contributed by atoms with Crippen molar-refractivity contribution in [1.82, 2.24) is 15.1 Å². The predicted molar refractivity (Wildman–Crippen MR) is 90.5 cm³/mol. The zero-order chi connectivity index (χ0) is 14.9. The molecule has 2 rings (SSSR count). The van der Waals surface area contributed by atoms with Gasteiger partial charge in [0.15, 0.2) is 0 Å². The topological polar surface area (TPSA) is 29.9 Å². The Balaban J connectivity index is 1.95. The minimum atomic E-state index is 0.862. The van der Waals surface area contributed by atoms with Crippen molar-refractivity contribution < 1.29 is 0 Å². The Kier molecular flexibility index (Phi) is 6.74. The summed E-state index contributed by atoms with van der Waals surface area (Å²) < 4.78 is 2.20. The molecule has 1 aromatic carbocycles. The molecule has 3 nitrogen and oxygen atoms in total. The number of rotatable bonds is 10. The van der Waals surface area contributed by atoms with Crippen molar-refractivity contribution in [2.45, 2.75) is 65.5 Å². The van der Waals surface area contributed by atoms with E-state index in [9.17, 15) is 0 Å². The number of aromatic nitrogens is 2. The van der Waals surface area contributed by atoms with Crippen LogP contribution in [0.1, 0.15) is 58.1 Å². The van der Waals surface area contributed by atoms with E-state index in [2.05, 4.69) is 48.1 Å². The van der Waals surface area contributed by atoms with Crippen molar-refractivity contribution in [2.75, 3.05) is 6.54 Å². The van der Waals surface area contributed by atoms with Crippen LogP contribution >= 0.6 is 0 Å². The third-order valence-electron chi connectivity index (χ3n) is 4.00. The van der Waals surface area contributed by atoms with Crippen LogP contribution in [0.4, 0.5) is 0 Å². The number of hydrogen-bond acceptors (Lipinski definition) is 2. The van der Waals surface area contributed by atoms with Crippen molar-refractivity contribution >= 4 is 10.9 Å². The summed E-state index contributed by atoms with van der Waals surface area (Å²) in [7, 11) is 0. The highest BCUT2D eigenvalue weighted by molar-refractivity contribution is 5.81. The predicted octanol–water partition coefficient (Wildman–Crippen LogP) is 4.51. The summed E-state index contributed by atoms with van der Waals surface area (Å²) in [6, 6.07) is 8.59. The summed E-state index contributed by atoms with van der Waals surface area (Å²) >= 11 is 0. The summed E-state index contributed by atoms with van der Waals surface area (Å²) in [6.45, 7) is 7.29. The molecule has 1 aromatic heterocycles. The lowest BCUT2D eigenvalue weighted by molar-refractivity contribution is 0.531. The van der Waals surface area contributed by atoms with Crippen LogP contribution in [0.3, 0.4) is 0 Å². The Bertz CT molecular complexity index is 530. The van der Waals surface area contributed by atoms with Gasteiger partial charge < -0.3 is 5.32 Å². The molecule has 0 radical (unpaired) electrons. The van der Waals surface area contributed by atoms with Crippen molar-refractivity contribution in [3.05, 3.63) is 30.0 Å². The molecule has 1 N–H and O–H groups in total. The molecule has 0 fully saturated rings. The molecule has 0 bridgehead atoms. The molecule has 0 spiro atoms. The molecule has 0 aliphatic carbocycles. The first-order valence-corrected chi connectivity index (χ1v) is 8.52. The van der Waals surface area contributed by atoms with Crippen LogP contribution in [0.5, 0.6) is 0 Å². The fourth-order valence-electron chi connectivity index (χ4n) is 2.78. The first-order valence-electron chi connectivity index (χ1n) is 8.52. The molecule has 0 saturated heterocycles. The summed E-state index contributed by atoms with van der Waals surface area (Å²) in [5.41, 5.74) is 2.46. The van der Waals surface area contributed by atoms with Gasteiger partial charge >= 0.3 is 0 Å². The van der Waals surface area contributed by atoms with Gasteiger partial charge in [0, 0.05) is 18.5 Å². The second-order valence-electron chi connectivity index (χ2n) is 5.74. The first kappa shape index (κ1) is 16.0. The lowest BCUT2D eigenvalue weighted by atomic mass is 10.1. The number of aryl methyl sites for hydroxylation is 1. The van der Waals surface area contributed by atoms with Crippen LogP contribution in [-0.2, 0) is 13.1 Å². The van der Waals surface area contributed by atoms with Gasteiger partial charge in [-0.3, -0.25) is 4.68 Å². The Morgan fingerprint density at radius 1 is 1.00 bits per heavy atom. The van der Waals surface area contributed by atoms with Gasteiger partial charge in [0.1, 0.15) is 0 Å². The quantitative estimate of drug-likeness (QED) is 0.652. The van der Waals surface area contributed by atoms with E-state index in [-0.39, 0.29) is 0 Å². The zero-order valence-corrected chi connectivity index (χ0v) is 13.6. The minimum absolute atomic E-state index is 0.862.